The maximum Gasteiger partial charge on any atom is 0.339 e. The number of amides is 1. The number of halogens is 1. The molecule has 0 aliphatic heterocycles. The van der Waals surface area contributed by atoms with Crippen LogP contribution in [0.5, 0.6) is 5.75 Å². The SMILES string of the molecule is Cc1cc(NC(=O)c2ccc(-c3ccc(Cl)cc3)o2)cc(C(=O)O)c1O. The quantitative estimate of drug-likeness (QED) is 0.583. The van der Waals surface area contributed by atoms with Crippen molar-refractivity contribution >= 4 is 29.2 Å². The van der Waals surface area contributed by atoms with Crippen molar-refractivity contribution in [3.8, 4) is 17.1 Å². The zero-order valence-corrected chi connectivity index (χ0v) is 14.4. The van der Waals surface area contributed by atoms with Crippen LogP contribution in [0.2, 0.25) is 5.02 Å². The van der Waals surface area contributed by atoms with E-state index in [-0.39, 0.29) is 22.8 Å². The van der Waals surface area contributed by atoms with Gasteiger partial charge >= 0.3 is 5.97 Å². The van der Waals surface area contributed by atoms with Crippen LogP contribution in [0.15, 0.2) is 52.9 Å². The van der Waals surface area contributed by atoms with E-state index in [1.165, 1.54) is 18.2 Å². The number of carboxylic acid groups (broad SMARTS) is 1. The van der Waals surface area contributed by atoms with Crippen molar-refractivity contribution in [1.82, 2.24) is 0 Å². The van der Waals surface area contributed by atoms with Gasteiger partial charge in [-0.1, -0.05) is 11.6 Å². The van der Waals surface area contributed by atoms with Crippen molar-refractivity contribution in [1.29, 1.82) is 0 Å². The molecule has 1 aromatic heterocycles. The molecule has 0 aliphatic carbocycles. The standard InChI is InChI=1S/C19H14ClNO5/c1-10-8-13(9-14(17(10)22)19(24)25)21-18(23)16-7-6-15(26-16)11-2-4-12(20)5-3-11/h2-9,22H,1H3,(H,21,23)(H,24,25). The molecule has 132 valence electrons. The van der Waals surface area contributed by atoms with Crippen LogP contribution in [0, 0.1) is 6.92 Å². The zero-order chi connectivity index (χ0) is 18.8. The maximum absolute atomic E-state index is 12.4. The monoisotopic (exact) mass is 371 g/mol. The van der Waals surface area contributed by atoms with Gasteiger partial charge in [-0.05, 0) is 61.0 Å². The van der Waals surface area contributed by atoms with Crippen molar-refractivity contribution in [3.63, 3.8) is 0 Å². The molecule has 3 rings (SSSR count). The van der Waals surface area contributed by atoms with Crippen LogP contribution in [0.1, 0.15) is 26.5 Å². The molecule has 0 saturated carbocycles. The van der Waals surface area contributed by atoms with E-state index in [2.05, 4.69) is 5.32 Å². The number of rotatable bonds is 4. The fourth-order valence-electron chi connectivity index (χ4n) is 2.44. The highest BCUT2D eigenvalue weighted by molar-refractivity contribution is 6.30. The number of benzene rings is 2. The molecule has 0 unspecified atom stereocenters. The number of aryl methyl sites for hydroxylation is 1. The molecule has 6 nitrogen and oxygen atoms in total. The van der Waals surface area contributed by atoms with Crippen molar-refractivity contribution in [2.45, 2.75) is 6.92 Å². The minimum Gasteiger partial charge on any atom is -0.507 e. The number of carbonyl (C=O) groups is 2. The summed E-state index contributed by atoms with van der Waals surface area (Å²) in [6.07, 6.45) is 0. The predicted octanol–water partition coefficient (Wildman–Crippen LogP) is 4.56. The van der Waals surface area contributed by atoms with E-state index < -0.39 is 11.9 Å². The van der Waals surface area contributed by atoms with Gasteiger partial charge in [-0.15, -0.1) is 0 Å². The van der Waals surface area contributed by atoms with Crippen LogP contribution in [-0.2, 0) is 0 Å². The molecule has 3 N–H and O–H groups in total. The Morgan fingerprint density at radius 2 is 1.77 bits per heavy atom. The van der Waals surface area contributed by atoms with Gasteiger partial charge < -0.3 is 19.9 Å². The molecular weight excluding hydrogens is 358 g/mol. The van der Waals surface area contributed by atoms with Crippen LogP contribution in [0.25, 0.3) is 11.3 Å². The lowest BCUT2D eigenvalue weighted by atomic mass is 10.1. The third-order valence-corrected chi connectivity index (χ3v) is 4.00. The summed E-state index contributed by atoms with van der Waals surface area (Å²) in [5.74, 6) is -1.59. The molecule has 0 radical (unpaired) electrons. The molecule has 1 amide bonds. The topological polar surface area (TPSA) is 99.8 Å². The molecule has 0 fully saturated rings. The largest absolute Gasteiger partial charge is 0.507 e. The van der Waals surface area contributed by atoms with E-state index in [9.17, 15) is 14.7 Å². The first kappa shape index (κ1) is 17.6. The minimum atomic E-state index is -1.29. The second-order valence-corrected chi connectivity index (χ2v) is 6.06. The zero-order valence-electron chi connectivity index (χ0n) is 13.6. The summed E-state index contributed by atoms with van der Waals surface area (Å²) in [6.45, 7) is 1.54. The summed E-state index contributed by atoms with van der Waals surface area (Å²) in [4.78, 5) is 23.5. The molecule has 0 saturated heterocycles. The Bertz CT molecular complexity index is 992. The van der Waals surface area contributed by atoms with Crippen LogP contribution in [0.4, 0.5) is 5.69 Å². The smallest absolute Gasteiger partial charge is 0.339 e. The minimum absolute atomic E-state index is 0.0672. The number of carboxylic acids is 1. The Labute approximate surface area is 153 Å². The van der Waals surface area contributed by atoms with E-state index >= 15 is 0 Å². The number of hydrogen-bond donors (Lipinski definition) is 3. The Kier molecular flexibility index (Phi) is 4.69. The molecule has 26 heavy (non-hydrogen) atoms. The average molecular weight is 372 g/mol. The molecule has 1 heterocycles. The molecule has 0 atom stereocenters. The summed E-state index contributed by atoms with van der Waals surface area (Å²) in [7, 11) is 0. The first-order valence-electron chi connectivity index (χ1n) is 7.59. The van der Waals surface area contributed by atoms with Crippen LogP contribution < -0.4 is 5.32 Å². The number of aromatic carboxylic acids is 1. The number of phenols is 1. The number of carbonyl (C=O) groups excluding carboxylic acids is 1. The van der Waals surface area contributed by atoms with Gasteiger partial charge in [0.15, 0.2) is 5.76 Å². The van der Waals surface area contributed by atoms with E-state index in [1.807, 2.05) is 0 Å². The van der Waals surface area contributed by atoms with Crippen LogP contribution in [-0.4, -0.2) is 22.1 Å². The van der Waals surface area contributed by atoms with E-state index in [0.29, 0.717) is 16.3 Å². The van der Waals surface area contributed by atoms with Gasteiger partial charge in [0.2, 0.25) is 0 Å². The maximum atomic E-state index is 12.4. The average Bonchev–Trinajstić information content (AvgIpc) is 3.08. The fraction of sp³-hybridized carbons (Fsp3) is 0.0526. The van der Waals surface area contributed by atoms with E-state index in [4.69, 9.17) is 21.1 Å². The molecular formula is C19H14ClNO5. The summed E-state index contributed by atoms with van der Waals surface area (Å²) in [5, 5.41) is 22.0. The highest BCUT2D eigenvalue weighted by Gasteiger charge is 2.17. The van der Waals surface area contributed by atoms with Crippen molar-refractivity contribution in [2.75, 3.05) is 5.32 Å². The fourth-order valence-corrected chi connectivity index (χ4v) is 2.56. The number of aromatic hydroxyl groups is 1. The summed E-state index contributed by atoms with van der Waals surface area (Å²) >= 11 is 5.85. The molecule has 0 spiro atoms. The predicted molar refractivity (Wildman–Crippen MR) is 96.9 cm³/mol. The van der Waals surface area contributed by atoms with Gasteiger partial charge in [-0.3, -0.25) is 4.79 Å². The normalized spacial score (nSPS) is 10.5. The van der Waals surface area contributed by atoms with Gasteiger partial charge in [-0.2, -0.15) is 0 Å². The van der Waals surface area contributed by atoms with Gasteiger partial charge in [-0.25, -0.2) is 4.79 Å². The molecule has 7 heteroatoms. The molecule has 0 bridgehead atoms. The van der Waals surface area contributed by atoms with Crippen LogP contribution in [0.3, 0.4) is 0 Å². The van der Waals surface area contributed by atoms with Crippen molar-refractivity contribution in [2.24, 2.45) is 0 Å². The number of hydrogen-bond acceptors (Lipinski definition) is 4. The van der Waals surface area contributed by atoms with E-state index in [1.54, 1.807) is 37.3 Å². The highest BCUT2D eigenvalue weighted by Crippen LogP contribution is 2.28. The summed E-state index contributed by atoms with van der Waals surface area (Å²) in [5.41, 5.74) is 1.05. The lowest BCUT2D eigenvalue weighted by Crippen LogP contribution is -2.12. The Morgan fingerprint density at radius 3 is 2.42 bits per heavy atom. The second kappa shape index (κ2) is 6.93. The third-order valence-electron chi connectivity index (χ3n) is 3.75. The highest BCUT2D eigenvalue weighted by atomic mass is 35.5. The molecule has 3 aromatic rings. The van der Waals surface area contributed by atoms with Crippen LogP contribution >= 0.6 is 11.6 Å². The second-order valence-electron chi connectivity index (χ2n) is 5.62. The Morgan fingerprint density at radius 1 is 1.08 bits per heavy atom. The van der Waals surface area contributed by atoms with Gasteiger partial charge in [0.1, 0.15) is 17.1 Å². The lowest BCUT2D eigenvalue weighted by molar-refractivity contribution is 0.0693. The summed E-state index contributed by atoms with van der Waals surface area (Å²) < 4.78 is 5.55. The third kappa shape index (κ3) is 3.55. The van der Waals surface area contributed by atoms with Gasteiger partial charge in [0.05, 0.1) is 0 Å². The first-order valence-corrected chi connectivity index (χ1v) is 7.97. The van der Waals surface area contributed by atoms with Gasteiger partial charge in [0.25, 0.3) is 5.91 Å². The van der Waals surface area contributed by atoms with Crippen molar-refractivity contribution in [3.05, 3.63) is 70.4 Å². The van der Waals surface area contributed by atoms with E-state index in [0.717, 1.165) is 5.56 Å². The first-order chi connectivity index (χ1) is 12.3. The number of nitrogens with one attached hydrogen (secondary N) is 1. The number of anilines is 1. The molecule has 2 aromatic carbocycles. The summed E-state index contributed by atoms with van der Waals surface area (Å²) in [6, 6.07) is 12.8. The molecule has 0 aliphatic rings. The van der Waals surface area contributed by atoms with Crippen molar-refractivity contribution < 1.29 is 24.2 Å². The van der Waals surface area contributed by atoms with Gasteiger partial charge in [0, 0.05) is 16.3 Å². The Balaban J connectivity index is 1.83. The Hall–Kier alpha value is -3.25. The number of furan rings is 1. The lowest BCUT2D eigenvalue weighted by Gasteiger charge is -2.09.